The first kappa shape index (κ1) is 17.9. The summed E-state index contributed by atoms with van der Waals surface area (Å²) in [6, 6.07) is 12.0. The number of rotatable bonds is 6. The Morgan fingerprint density at radius 1 is 1.12 bits per heavy atom. The summed E-state index contributed by atoms with van der Waals surface area (Å²) in [6.07, 6.45) is 1.90. The lowest BCUT2D eigenvalue weighted by Gasteiger charge is -2.17. The zero-order chi connectivity index (χ0) is 17.5. The number of urea groups is 1. The van der Waals surface area contributed by atoms with E-state index in [4.69, 9.17) is 4.74 Å². The highest BCUT2D eigenvalue weighted by molar-refractivity contribution is 5.90. The van der Waals surface area contributed by atoms with Crippen molar-refractivity contribution in [3.05, 3.63) is 58.7 Å². The topological polar surface area (TPSA) is 50.4 Å². The minimum absolute atomic E-state index is 0.229. The van der Waals surface area contributed by atoms with Crippen LogP contribution in [0.1, 0.15) is 36.1 Å². The standard InChI is InChI=1S/C20H26N2O2/c1-5-15-10-11-19(14(3)12-15)24-13-17-16(6-2)8-7-9-18(17)22-20(23)21-4/h7-12H,5-6,13H2,1-4H3,(H2,21,22,23). The summed E-state index contributed by atoms with van der Waals surface area (Å²) in [5.41, 5.74) is 5.41. The minimum atomic E-state index is -0.229. The molecule has 4 nitrogen and oxygen atoms in total. The summed E-state index contributed by atoms with van der Waals surface area (Å²) in [6.45, 7) is 6.73. The van der Waals surface area contributed by atoms with E-state index in [0.717, 1.165) is 35.4 Å². The fraction of sp³-hybridized carbons (Fsp3) is 0.350. The van der Waals surface area contributed by atoms with E-state index in [1.54, 1.807) is 7.05 Å². The number of amides is 2. The van der Waals surface area contributed by atoms with Crippen molar-refractivity contribution < 1.29 is 9.53 Å². The smallest absolute Gasteiger partial charge is 0.318 e. The number of nitrogens with one attached hydrogen (secondary N) is 2. The van der Waals surface area contributed by atoms with Crippen molar-refractivity contribution in [1.29, 1.82) is 0 Å². The molecule has 24 heavy (non-hydrogen) atoms. The van der Waals surface area contributed by atoms with E-state index in [1.165, 1.54) is 11.1 Å². The van der Waals surface area contributed by atoms with Gasteiger partial charge in [0.2, 0.25) is 0 Å². The van der Waals surface area contributed by atoms with Crippen molar-refractivity contribution >= 4 is 11.7 Å². The van der Waals surface area contributed by atoms with E-state index in [1.807, 2.05) is 18.2 Å². The Morgan fingerprint density at radius 3 is 2.54 bits per heavy atom. The highest BCUT2D eigenvalue weighted by Crippen LogP contribution is 2.25. The molecule has 0 radical (unpaired) electrons. The van der Waals surface area contributed by atoms with Crippen LogP contribution in [0.4, 0.5) is 10.5 Å². The molecule has 2 rings (SSSR count). The normalized spacial score (nSPS) is 10.3. The Kier molecular flexibility index (Phi) is 6.24. The van der Waals surface area contributed by atoms with Crippen LogP contribution in [-0.2, 0) is 19.4 Å². The molecule has 0 heterocycles. The molecule has 128 valence electrons. The van der Waals surface area contributed by atoms with Gasteiger partial charge in [-0.1, -0.05) is 38.1 Å². The molecule has 0 saturated heterocycles. The molecular formula is C20H26N2O2. The molecule has 2 aromatic carbocycles. The maximum Gasteiger partial charge on any atom is 0.318 e. The van der Waals surface area contributed by atoms with E-state index >= 15 is 0 Å². The molecule has 2 N–H and O–H groups in total. The minimum Gasteiger partial charge on any atom is -0.489 e. The summed E-state index contributed by atoms with van der Waals surface area (Å²) >= 11 is 0. The van der Waals surface area contributed by atoms with Gasteiger partial charge < -0.3 is 15.4 Å². The lowest BCUT2D eigenvalue weighted by Crippen LogP contribution is -2.25. The third-order valence-electron chi connectivity index (χ3n) is 4.15. The van der Waals surface area contributed by atoms with Gasteiger partial charge in [0.15, 0.2) is 0 Å². The van der Waals surface area contributed by atoms with E-state index in [-0.39, 0.29) is 6.03 Å². The van der Waals surface area contributed by atoms with Crippen LogP contribution >= 0.6 is 0 Å². The largest absolute Gasteiger partial charge is 0.489 e. The Morgan fingerprint density at radius 2 is 1.92 bits per heavy atom. The molecule has 0 atom stereocenters. The molecular weight excluding hydrogens is 300 g/mol. The molecule has 0 bridgehead atoms. The van der Waals surface area contributed by atoms with Crippen LogP contribution in [0.2, 0.25) is 0 Å². The van der Waals surface area contributed by atoms with Gasteiger partial charge in [-0.3, -0.25) is 0 Å². The Hall–Kier alpha value is -2.49. The maximum absolute atomic E-state index is 11.7. The molecule has 0 aliphatic heterocycles. The summed E-state index contributed by atoms with van der Waals surface area (Å²) in [4.78, 5) is 11.7. The number of carbonyl (C=O) groups excluding carboxylic acids is 1. The Balaban J connectivity index is 2.23. The van der Waals surface area contributed by atoms with Gasteiger partial charge in [0.1, 0.15) is 12.4 Å². The molecule has 0 aliphatic rings. The van der Waals surface area contributed by atoms with Crippen molar-refractivity contribution in [3.8, 4) is 5.75 Å². The highest BCUT2D eigenvalue weighted by Gasteiger charge is 2.11. The molecule has 0 fully saturated rings. The number of carbonyl (C=O) groups is 1. The Labute approximate surface area is 144 Å². The third-order valence-corrected chi connectivity index (χ3v) is 4.15. The average Bonchev–Trinajstić information content (AvgIpc) is 2.60. The monoisotopic (exact) mass is 326 g/mol. The fourth-order valence-electron chi connectivity index (χ4n) is 2.68. The maximum atomic E-state index is 11.7. The van der Waals surface area contributed by atoms with Gasteiger partial charge in [0.05, 0.1) is 0 Å². The average molecular weight is 326 g/mol. The Bertz CT molecular complexity index is 711. The SMILES string of the molecule is CCc1ccc(OCc2c(CC)cccc2NC(=O)NC)c(C)c1. The van der Waals surface area contributed by atoms with Crippen LogP contribution in [0.15, 0.2) is 36.4 Å². The van der Waals surface area contributed by atoms with E-state index < -0.39 is 0 Å². The van der Waals surface area contributed by atoms with Crippen LogP contribution < -0.4 is 15.4 Å². The van der Waals surface area contributed by atoms with E-state index in [0.29, 0.717) is 6.61 Å². The van der Waals surface area contributed by atoms with Crippen molar-refractivity contribution in [3.63, 3.8) is 0 Å². The van der Waals surface area contributed by atoms with Crippen LogP contribution in [0.5, 0.6) is 5.75 Å². The van der Waals surface area contributed by atoms with Gasteiger partial charge in [-0.25, -0.2) is 4.79 Å². The zero-order valence-electron chi connectivity index (χ0n) is 14.9. The summed E-state index contributed by atoms with van der Waals surface area (Å²) < 4.78 is 6.05. The molecule has 2 aromatic rings. The zero-order valence-corrected chi connectivity index (χ0v) is 14.9. The number of benzene rings is 2. The first-order chi connectivity index (χ1) is 11.6. The summed E-state index contributed by atoms with van der Waals surface area (Å²) in [5, 5.41) is 5.46. The second kappa shape index (κ2) is 8.39. The van der Waals surface area contributed by atoms with Gasteiger partial charge in [-0.2, -0.15) is 0 Å². The van der Waals surface area contributed by atoms with E-state index in [9.17, 15) is 4.79 Å². The van der Waals surface area contributed by atoms with E-state index in [2.05, 4.69) is 49.6 Å². The second-order valence-electron chi connectivity index (χ2n) is 5.74. The predicted octanol–water partition coefficient (Wildman–Crippen LogP) is 4.45. The predicted molar refractivity (Wildman–Crippen MR) is 98.8 cm³/mol. The number of hydrogen-bond acceptors (Lipinski definition) is 2. The van der Waals surface area contributed by atoms with Gasteiger partial charge in [0.25, 0.3) is 0 Å². The van der Waals surface area contributed by atoms with Crippen molar-refractivity contribution in [2.75, 3.05) is 12.4 Å². The first-order valence-corrected chi connectivity index (χ1v) is 8.40. The summed E-state index contributed by atoms with van der Waals surface area (Å²) in [7, 11) is 1.60. The highest BCUT2D eigenvalue weighted by atomic mass is 16.5. The lowest BCUT2D eigenvalue weighted by atomic mass is 10.0. The molecule has 0 aromatic heterocycles. The van der Waals surface area contributed by atoms with Gasteiger partial charge >= 0.3 is 6.03 Å². The van der Waals surface area contributed by atoms with Crippen LogP contribution in [-0.4, -0.2) is 13.1 Å². The number of aryl methyl sites for hydroxylation is 3. The fourth-order valence-corrected chi connectivity index (χ4v) is 2.68. The quantitative estimate of drug-likeness (QED) is 0.824. The molecule has 4 heteroatoms. The van der Waals surface area contributed by atoms with Gasteiger partial charge in [-0.15, -0.1) is 0 Å². The second-order valence-corrected chi connectivity index (χ2v) is 5.74. The van der Waals surface area contributed by atoms with Crippen molar-refractivity contribution in [2.24, 2.45) is 0 Å². The number of hydrogen-bond donors (Lipinski definition) is 2. The number of anilines is 1. The van der Waals surface area contributed by atoms with Crippen LogP contribution in [0, 0.1) is 6.92 Å². The molecule has 0 saturated carbocycles. The number of ether oxygens (including phenoxy) is 1. The van der Waals surface area contributed by atoms with Crippen LogP contribution in [0.25, 0.3) is 0 Å². The molecule has 0 spiro atoms. The third kappa shape index (κ3) is 4.28. The lowest BCUT2D eigenvalue weighted by molar-refractivity contribution is 0.254. The molecule has 0 aliphatic carbocycles. The molecule has 2 amide bonds. The first-order valence-electron chi connectivity index (χ1n) is 8.40. The molecule has 0 unspecified atom stereocenters. The van der Waals surface area contributed by atoms with Crippen LogP contribution in [0.3, 0.4) is 0 Å². The van der Waals surface area contributed by atoms with Gasteiger partial charge in [0, 0.05) is 18.3 Å². The van der Waals surface area contributed by atoms with Gasteiger partial charge in [-0.05, 0) is 48.6 Å². The summed E-state index contributed by atoms with van der Waals surface area (Å²) in [5.74, 6) is 0.879. The van der Waals surface area contributed by atoms with Crippen molar-refractivity contribution in [2.45, 2.75) is 40.2 Å². The van der Waals surface area contributed by atoms with Crippen molar-refractivity contribution in [1.82, 2.24) is 5.32 Å².